The van der Waals surface area contributed by atoms with Gasteiger partial charge in [0.1, 0.15) is 0 Å². The quantitative estimate of drug-likeness (QED) is 0.347. The van der Waals surface area contributed by atoms with Crippen molar-refractivity contribution in [1.82, 2.24) is 4.90 Å². The summed E-state index contributed by atoms with van der Waals surface area (Å²) in [6.07, 6.45) is 7.14. The second-order valence-electron chi connectivity index (χ2n) is 7.51. The number of allylic oxidation sites excluding steroid dienone is 2. The van der Waals surface area contributed by atoms with E-state index in [9.17, 15) is 10.1 Å². The maximum Gasteiger partial charge on any atom is 0.270 e. The average molecular weight is 451 g/mol. The third-order valence-corrected chi connectivity index (χ3v) is 5.75. The summed E-state index contributed by atoms with van der Waals surface area (Å²) in [4.78, 5) is 13.1. The molecule has 0 N–H and O–H groups in total. The zero-order valence-corrected chi connectivity index (χ0v) is 18.2. The van der Waals surface area contributed by atoms with Crippen LogP contribution in [0, 0.1) is 10.1 Å². The lowest BCUT2D eigenvalue weighted by Crippen LogP contribution is -2.36. The standard InChI is InChI=1S/C24H23ClN4O3/c25-23-7-2-1-5-20(23)16-26-27-17-21-9-8-19(24(21)28-10-12-32-13-11-28)14-18-4-3-6-22(15-18)29(30)31/h1-7,14-17H,8-13H2/b19-14+,26-16-,27-17-. The van der Waals surface area contributed by atoms with Crippen LogP contribution in [0.4, 0.5) is 5.69 Å². The second kappa shape index (κ2) is 10.3. The maximum atomic E-state index is 11.1. The molecule has 1 aliphatic heterocycles. The number of nitro groups is 1. The van der Waals surface area contributed by atoms with Crippen LogP contribution in [-0.4, -0.2) is 48.6 Å². The van der Waals surface area contributed by atoms with Gasteiger partial charge in [0.05, 0.1) is 30.6 Å². The molecular weight excluding hydrogens is 428 g/mol. The Morgan fingerprint density at radius 1 is 1.03 bits per heavy atom. The molecule has 1 aliphatic carbocycles. The predicted octanol–water partition coefficient (Wildman–Crippen LogP) is 5.12. The number of hydrogen-bond acceptors (Lipinski definition) is 6. The van der Waals surface area contributed by atoms with Gasteiger partial charge in [-0.05, 0) is 41.7 Å². The van der Waals surface area contributed by atoms with E-state index in [4.69, 9.17) is 16.3 Å². The van der Waals surface area contributed by atoms with E-state index in [0.29, 0.717) is 18.2 Å². The van der Waals surface area contributed by atoms with Crippen molar-refractivity contribution in [2.45, 2.75) is 12.8 Å². The molecule has 0 radical (unpaired) electrons. The SMILES string of the molecule is O=[N+]([O-])c1cccc(/C=C2\CCC(/C=N\N=C/c3ccccc3Cl)=C2N2CCOCC2)c1. The summed E-state index contributed by atoms with van der Waals surface area (Å²) in [5, 5.41) is 20.2. The van der Waals surface area contributed by atoms with E-state index in [0.717, 1.165) is 53.9 Å². The van der Waals surface area contributed by atoms with E-state index < -0.39 is 0 Å². The number of non-ortho nitro benzene ring substituents is 1. The zero-order valence-electron chi connectivity index (χ0n) is 17.5. The Hall–Kier alpha value is -3.29. The minimum absolute atomic E-state index is 0.0879. The van der Waals surface area contributed by atoms with Crippen molar-refractivity contribution < 1.29 is 9.66 Å². The van der Waals surface area contributed by atoms with Crippen LogP contribution in [-0.2, 0) is 4.74 Å². The molecule has 2 aliphatic rings. The first kappa shape index (κ1) is 21.9. The highest BCUT2D eigenvalue weighted by Crippen LogP contribution is 2.35. The summed E-state index contributed by atoms with van der Waals surface area (Å²) < 4.78 is 5.52. The lowest BCUT2D eigenvalue weighted by molar-refractivity contribution is -0.384. The van der Waals surface area contributed by atoms with Gasteiger partial charge >= 0.3 is 0 Å². The molecule has 1 heterocycles. The van der Waals surface area contributed by atoms with Crippen LogP contribution in [0.5, 0.6) is 0 Å². The molecule has 0 unspecified atom stereocenters. The van der Waals surface area contributed by atoms with Crippen LogP contribution in [0.2, 0.25) is 5.02 Å². The van der Waals surface area contributed by atoms with Crippen molar-refractivity contribution in [3.8, 4) is 0 Å². The van der Waals surface area contributed by atoms with Crippen LogP contribution in [0.15, 0.2) is 75.6 Å². The zero-order chi connectivity index (χ0) is 22.3. The first-order chi connectivity index (χ1) is 15.6. The van der Waals surface area contributed by atoms with Gasteiger partial charge in [-0.2, -0.15) is 10.2 Å². The van der Waals surface area contributed by atoms with Crippen LogP contribution < -0.4 is 0 Å². The summed E-state index contributed by atoms with van der Waals surface area (Å²) in [5.74, 6) is 0. The van der Waals surface area contributed by atoms with Gasteiger partial charge in [-0.3, -0.25) is 10.1 Å². The van der Waals surface area contributed by atoms with Crippen molar-refractivity contribution in [3.05, 3.63) is 91.6 Å². The lowest BCUT2D eigenvalue weighted by atomic mass is 10.1. The molecular formula is C24H23ClN4O3. The van der Waals surface area contributed by atoms with Gasteiger partial charge < -0.3 is 9.64 Å². The number of morpholine rings is 1. The molecule has 2 aromatic rings. The van der Waals surface area contributed by atoms with Crippen LogP contribution in [0.3, 0.4) is 0 Å². The van der Waals surface area contributed by atoms with E-state index in [1.165, 1.54) is 6.07 Å². The van der Waals surface area contributed by atoms with Gasteiger partial charge in [-0.15, -0.1) is 0 Å². The number of halogens is 1. The van der Waals surface area contributed by atoms with Gasteiger partial charge in [0.25, 0.3) is 5.69 Å². The maximum absolute atomic E-state index is 11.1. The van der Waals surface area contributed by atoms with Crippen molar-refractivity contribution in [3.63, 3.8) is 0 Å². The predicted molar refractivity (Wildman–Crippen MR) is 127 cm³/mol. The lowest BCUT2D eigenvalue weighted by Gasteiger charge is -2.31. The van der Waals surface area contributed by atoms with Crippen molar-refractivity contribution in [2.75, 3.05) is 26.3 Å². The smallest absolute Gasteiger partial charge is 0.270 e. The largest absolute Gasteiger partial charge is 0.378 e. The van der Waals surface area contributed by atoms with Crippen LogP contribution >= 0.6 is 11.6 Å². The Balaban J connectivity index is 1.62. The molecule has 4 rings (SSSR count). The summed E-state index contributed by atoms with van der Waals surface area (Å²) >= 11 is 6.16. The van der Waals surface area contributed by atoms with Crippen molar-refractivity contribution in [1.29, 1.82) is 0 Å². The monoisotopic (exact) mass is 450 g/mol. The van der Waals surface area contributed by atoms with Gasteiger partial charge in [0.15, 0.2) is 0 Å². The molecule has 0 saturated carbocycles. The number of nitro benzene ring substituents is 1. The number of benzene rings is 2. The summed E-state index contributed by atoms with van der Waals surface area (Å²) in [7, 11) is 0. The van der Waals surface area contributed by atoms with E-state index in [1.807, 2.05) is 36.4 Å². The van der Waals surface area contributed by atoms with Gasteiger partial charge in [0, 0.05) is 41.5 Å². The van der Waals surface area contributed by atoms with E-state index in [2.05, 4.69) is 15.1 Å². The number of rotatable bonds is 6. The second-order valence-corrected chi connectivity index (χ2v) is 7.91. The Bertz CT molecular complexity index is 1120. The molecule has 0 amide bonds. The molecule has 32 heavy (non-hydrogen) atoms. The van der Waals surface area contributed by atoms with E-state index >= 15 is 0 Å². The summed E-state index contributed by atoms with van der Waals surface area (Å²) in [6.45, 7) is 2.93. The number of nitrogens with zero attached hydrogens (tertiary/aromatic N) is 4. The normalized spacial score (nSPS) is 18.4. The molecule has 1 fully saturated rings. The van der Waals surface area contributed by atoms with Crippen LogP contribution in [0.1, 0.15) is 24.0 Å². The van der Waals surface area contributed by atoms with Gasteiger partial charge in [-0.1, -0.05) is 41.9 Å². The fraction of sp³-hybridized carbons (Fsp3) is 0.250. The average Bonchev–Trinajstić information content (AvgIpc) is 3.20. The molecule has 164 valence electrons. The minimum Gasteiger partial charge on any atom is -0.378 e. The van der Waals surface area contributed by atoms with E-state index in [1.54, 1.807) is 24.6 Å². The highest BCUT2D eigenvalue weighted by Gasteiger charge is 2.25. The molecule has 0 bridgehead atoms. The minimum atomic E-state index is -0.371. The van der Waals surface area contributed by atoms with Crippen molar-refractivity contribution in [2.24, 2.45) is 10.2 Å². The van der Waals surface area contributed by atoms with Gasteiger partial charge in [-0.25, -0.2) is 0 Å². The fourth-order valence-electron chi connectivity index (χ4n) is 3.88. The first-order valence-corrected chi connectivity index (χ1v) is 10.8. The van der Waals surface area contributed by atoms with Gasteiger partial charge in [0.2, 0.25) is 0 Å². The number of ether oxygens (including phenoxy) is 1. The van der Waals surface area contributed by atoms with Crippen molar-refractivity contribution >= 4 is 35.8 Å². The highest BCUT2D eigenvalue weighted by molar-refractivity contribution is 6.33. The Kier molecular flexibility index (Phi) is 7.09. The molecule has 7 nitrogen and oxygen atoms in total. The topological polar surface area (TPSA) is 80.3 Å². The molecule has 2 aromatic carbocycles. The van der Waals surface area contributed by atoms with Crippen LogP contribution in [0.25, 0.3) is 6.08 Å². The molecule has 1 saturated heterocycles. The third-order valence-electron chi connectivity index (χ3n) is 5.40. The molecule has 0 atom stereocenters. The summed E-state index contributed by atoms with van der Waals surface area (Å²) in [6, 6.07) is 14.2. The fourth-order valence-corrected chi connectivity index (χ4v) is 4.06. The molecule has 0 aromatic heterocycles. The first-order valence-electron chi connectivity index (χ1n) is 10.4. The van der Waals surface area contributed by atoms with E-state index in [-0.39, 0.29) is 10.6 Å². The Morgan fingerprint density at radius 3 is 2.59 bits per heavy atom. The number of hydrogen-bond donors (Lipinski definition) is 0. The molecule has 0 spiro atoms. The summed E-state index contributed by atoms with van der Waals surface area (Å²) in [5.41, 5.74) is 5.08. The Morgan fingerprint density at radius 2 is 1.81 bits per heavy atom. The Labute approximate surface area is 191 Å². The molecule has 8 heteroatoms. The third kappa shape index (κ3) is 5.30. The highest BCUT2D eigenvalue weighted by atomic mass is 35.5.